The Morgan fingerprint density at radius 1 is 1.12 bits per heavy atom. The van der Waals surface area contributed by atoms with E-state index < -0.39 is 0 Å². The lowest BCUT2D eigenvalue weighted by Gasteiger charge is -2.12. The number of anilines is 1. The van der Waals surface area contributed by atoms with Gasteiger partial charge in [0.15, 0.2) is 0 Å². The van der Waals surface area contributed by atoms with E-state index in [9.17, 15) is 9.59 Å². The van der Waals surface area contributed by atoms with Crippen molar-refractivity contribution in [2.45, 2.75) is 0 Å². The van der Waals surface area contributed by atoms with Gasteiger partial charge in [-0.15, -0.1) is 0 Å². The zero-order valence-corrected chi connectivity index (χ0v) is 17.4. The van der Waals surface area contributed by atoms with E-state index in [1.807, 2.05) is 18.2 Å². The van der Waals surface area contributed by atoms with Crippen LogP contribution in [0.15, 0.2) is 69.0 Å². The number of ether oxygens (including phenoxy) is 1. The Morgan fingerprint density at radius 3 is 2.38 bits per heavy atom. The molecular weight excluding hydrogens is 482 g/mol. The highest BCUT2D eigenvalue weighted by molar-refractivity contribution is 9.11. The van der Waals surface area contributed by atoms with E-state index in [0.717, 1.165) is 26.3 Å². The van der Waals surface area contributed by atoms with Gasteiger partial charge in [-0.2, -0.15) is 0 Å². The van der Waals surface area contributed by atoms with Gasteiger partial charge in [-0.25, -0.2) is 4.90 Å². The maximum absolute atomic E-state index is 12.7. The fourth-order valence-electron chi connectivity index (χ4n) is 2.36. The number of carbonyl (C=O) groups excluding carboxylic acids is 2. The van der Waals surface area contributed by atoms with Crippen LogP contribution < -0.4 is 9.64 Å². The molecule has 1 heterocycles. The number of carbonyl (C=O) groups is 2. The van der Waals surface area contributed by atoms with Gasteiger partial charge in [-0.3, -0.25) is 9.59 Å². The van der Waals surface area contributed by atoms with Gasteiger partial charge in [0.05, 0.1) is 19.5 Å². The molecule has 4 nitrogen and oxygen atoms in total. The summed E-state index contributed by atoms with van der Waals surface area (Å²) in [6.07, 6.45) is 3.35. The Hall–Kier alpha value is -1.83. The number of halogens is 2. The monoisotopic (exact) mass is 493 g/mol. The highest BCUT2D eigenvalue weighted by Gasteiger charge is 2.36. The third-order valence-electron chi connectivity index (χ3n) is 3.47. The second-order valence-corrected chi connectivity index (χ2v) is 7.97. The standard InChI is InChI=1S/C19H13Br2NO3S/c1-2-8-25-17-14(20)9-12(10-15(17)21)11-16-18(23)22(19(24)26-16)13-6-4-3-5-7-13/h2-7,9-11H,1,8H2/b16-11+. The fraction of sp³-hybridized carbons (Fsp3) is 0.0526. The van der Waals surface area contributed by atoms with E-state index in [2.05, 4.69) is 38.4 Å². The molecule has 132 valence electrons. The third-order valence-corrected chi connectivity index (χ3v) is 5.52. The zero-order valence-electron chi connectivity index (χ0n) is 13.4. The molecule has 0 aliphatic carbocycles. The smallest absolute Gasteiger partial charge is 0.298 e. The van der Waals surface area contributed by atoms with Crippen molar-refractivity contribution in [2.24, 2.45) is 0 Å². The topological polar surface area (TPSA) is 46.6 Å². The van der Waals surface area contributed by atoms with Crippen LogP contribution in [-0.4, -0.2) is 17.8 Å². The summed E-state index contributed by atoms with van der Waals surface area (Å²) >= 11 is 7.86. The summed E-state index contributed by atoms with van der Waals surface area (Å²) in [5, 5.41) is -0.309. The molecule has 2 aromatic rings. The van der Waals surface area contributed by atoms with Crippen molar-refractivity contribution in [3.05, 3.63) is 74.5 Å². The lowest BCUT2D eigenvalue weighted by Crippen LogP contribution is -2.27. The van der Waals surface area contributed by atoms with Gasteiger partial charge in [0.1, 0.15) is 12.4 Å². The molecule has 0 radical (unpaired) electrons. The van der Waals surface area contributed by atoms with E-state index in [4.69, 9.17) is 4.74 Å². The molecule has 1 aliphatic heterocycles. The molecule has 7 heteroatoms. The average Bonchev–Trinajstić information content (AvgIpc) is 2.88. The first-order chi connectivity index (χ1) is 12.5. The molecule has 0 bridgehead atoms. The van der Waals surface area contributed by atoms with Crippen LogP contribution in [0.5, 0.6) is 5.75 Å². The molecule has 26 heavy (non-hydrogen) atoms. The van der Waals surface area contributed by atoms with Crippen molar-refractivity contribution in [1.29, 1.82) is 0 Å². The SMILES string of the molecule is C=CCOc1c(Br)cc(/C=C2/SC(=O)N(c3ccccc3)C2=O)cc1Br. The summed E-state index contributed by atoms with van der Waals surface area (Å²) in [7, 11) is 0. The summed E-state index contributed by atoms with van der Waals surface area (Å²) in [5.41, 5.74) is 1.34. The molecule has 0 spiro atoms. The van der Waals surface area contributed by atoms with Crippen molar-refractivity contribution in [1.82, 2.24) is 0 Å². The van der Waals surface area contributed by atoms with Gasteiger partial charge in [0.25, 0.3) is 11.1 Å². The number of rotatable bonds is 5. The van der Waals surface area contributed by atoms with Crippen LogP contribution in [0.1, 0.15) is 5.56 Å². The molecule has 1 fully saturated rings. The van der Waals surface area contributed by atoms with Gasteiger partial charge >= 0.3 is 0 Å². The Kier molecular flexibility index (Phi) is 6.01. The molecule has 0 aromatic heterocycles. The minimum atomic E-state index is -0.328. The number of para-hydroxylation sites is 1. The molecule has 0 atom stereocenters. The number of thioether (sulfide) groups is 1. The lowest BCUT2D eigenvalue weighted by molar-refractivity contribution is -0.113. The largest absolute Gasteiger partial charge is 0.487 e. The maximum Gasteiger partial charge on any atom is 0.298 e. The Bertz CT molecular complexity index is 889. The number of hydrogen-bond acceptors (Lipinski definition) is 4. The highest BCUT2D eigenvalue weighted by Crippen LogP contribution is 2.38. The second-order valence-electron chi connectivity index (χ2n) is 5.27. The van der Waals surface area contributed by atoms with E-state index >= 15 is 0 Å². The maximum atomic E-state index is 12.7. The van der Waals surface area contributed by atoms with Gasteiger partial charge in [0, 0.05) is 0 Å². The Morgan fingerprint density at radius 2 is 1.77 bits per heavy atom. The summed E-state index contributed by atoms with van der Waals surface area (Å²) in [6.45, 7) is 4.01. The molecule has 2 aromatic carbocycles. The van der Waals surface area contributed by atoms with Crippen LogP contribution in [-0.2, 0) is 4.79 Å². The quantitative estimate of drug-likeness (QED) is 0.376. The molecule has 2 amide bonds. The number of hydrogen-bond donors (Lipinski definition) is 0. The van der Waals surface area contributed by atoms with Crippen LogP contribution in [0.25, 0.3) is 6.08 Å². The van der Waals surface area contributed by atoms with Crippen LogP contribution in [0.4, 0.5) is 10.5 Å². The van der Waals surface area contributed by atoms with Gasteiger partial charge < -0.3 is 4.74 Å². The van der Waals surface area contributed by atoms with Crippen LogP contribution >= 0.6 is 43.6 Å². The molecule has 0 unspecified atom stereocenters. The molecule has 1 aliphatic rings. The zero-order chi connectivity index (χ0) is 18.7. The minimum absolute atomic E-state index is 0.309. The van der Waals surface area contributed by atoms with Crippen LogP contribution in [0, 0.1) is 0 Å². The van der Waals surface area contributed by atoms with E-state index in [1.165, 1.54) is 4.90 Å². The van der Waals surface area contributed by atoms with E-state index in [1.54, 1.807) is 36.4 Å². The van der Waals surface area contributed by atoms with E-state index in [0.29, 0.717) is 22.9 Å². The summed E-state index contributed by atoms with van der Waals surface area (Å²) < 4.78 is 7.06. The van der Waals surface area contributed by atoms with Gasteiger partial charge in [0.2, 0.25) is 0 Å². The molecule has 0 saturated carbocycles. The molecule has 0 N–H and O–H groups in total. The van der Waals surface area contributed by atoms with Crippen LogP contribution in [0.3, 0.4) is 0 Å². The molecule has 3 rings (SSSR count). The lowest BCUT2D eigenvalue weighted by atomic mass is 10.2. The normalized spacial score (nSPS) is 15.6. The predicted molar refractivity (Wildman–Crippen MR) is 112 cm³/mol. The first-order valence-electron chi connectivity index (χ1n) is 7.57. The highest BCUT2D eigenvalue weighted by atomic mass is 79.9. The van der Waals surface area contributed by atoms with Crippen molar-refractivity contribution >= 4 is 66.5 Å². The summed E-state index contributed by atoms with van der Waals surface area (Å²) in [4.78, 5) is 26.5. The predicted octanol–water partition coefficient (Wildman–Crippen LogP) is 6.02. The molecular formula is C19H13Br2NO3S. The van der Waals surface area contributed by atoms with Crippen molar-refractivity contribution in [2.75, 3.05) is 11.5 Å². The van der Waals surface area contributed by atoms with Crippen LogP contribution in [0.2, 0.25) is 0 Å². The number of nitrogens with zero attached hydrogens (tertiary/aromatic N) is 1. The Labute approximate surface area is 172 Å². The third kappa shape index (κ3) is 3.95. The second kappa shape index (κ2) is 8.24. The molecule has 1 saturated heterocycles. The first-order valence-corrected chi connectivity index (χ1v) is 9.97. The van der Waals surface area contributed by atoms with Crippen molar-refractivity contribution < 1.29 is 14.3 Å². The number of benzene rings is 2. The fourth-order valence-corrected chi connectivity index (χ4v) is 4.65. The van der Waals surface area contributed by atoms with Crippen molar-refractivity contribution in [3.8, 4) is 5.75 Å². The van der Waals surface area contributed by atoms with E-state index in [-0.39, 0.29) is 11.1 Å². The average molecular weight is 495 g/mol. The Balaban J connectivity index is 1.90. The first kappa shape index (κ1) is 18.9. The summed E-state index contributed by atoms with van der Waals surface area (Å²) in [5.74, 6) is 0.324. The minimum Gasteiger partial charge on any atom is -0.487 e. The summed E-state index contributed by atoms with van der Waals surface area (Å²) in [6, 6.07) is 12.6. The van der Waals surface area contributed by atoms with Crippen molar-refractivity contribution in [3.63, 3.8) is 0 Å². The number of amides is 2. The van der Waals surface area contributed by atoms with Gasteiger partial charge in [-0.1, -0.05) is 30.9 Å². The van der Waals surface area contributed by atoms with Gasteiger partial charge in [-0.05, 0) is 79.5 Å². The number of imide groups is 1.